The molecule has 0 fully saturated rings. The number of hydrogen-bond donors (Lipinski definition) is 0. The van der Waals surface area contributed by atoms with Crippen LogP contribution in [0.5, 0.6) is 0 Å². The fourth-order valence-corrected chi connectivity index (χ4v) is 2.21. The summed E-state index contributed by atoms with van der Waals surface area (Å²) >= 11 is 4.11. The van der Waals surface area contributed by atoms with Gasteiger partial charge in [0, 0.05) is 13.8 Å². The van der Waals surface area contributed by atoms with Crippen LogP contribution in [-0.4, -0.2) is 8.76 Å². The Morgan fingerprint density at radius 2 is 1.92 bits per heavy atom. The van der Waals surface area contributed by atoms with Gasteiger partial charge in [-0.2, -0.15) is 0 Å². The third-order valence-electron chi connectivity index (χ3n) is 1.07. The summed E-state index contributed by atoms with van der Waals surface area (Å²) in [5.74, 6) is 0. The maximum atomic E-state index is 10.5. The Labute approximate surface area is 112 Å². The van der Waals surface area contributed by atoms with Gasteiger partial charge in [-0.05, 0) is 45.2 Å². The van der Waals surface area contributed by atoms with Crippen molar-refractivity contribution in [3.8, 4) is 0 Å². The smallest absolute Gasteiger partial charge is 0.768 e. The Hall–Kier alpha value is 1.29. The molecular formula is C6H3Br2NaO2S. The molecule has 0 N–H and O–H groups in total. The SMILES string of the molecule is O=S([O-])c1cc(Br)ccc1Br.[Na+]. The van der Waals surface area contributed by atoms with Crippen LogP contribution in [0.25, 0.3) is 0 Å². The van der Waals surface area contributed by atoms with Crippen molar-refractivity contribution in [2.45, 2.75) is 4.90 Å². The van der Waals surface area contributed by atoms with Crippen molar-refractivity contribution in [1.82, 2.24) is 0 Å². The summed E-state index contributed by atoms with van der Waals surface area (Å²) in [7, 11) is 0. The van der Waals surface area contributed by atoms with Gasteiger partial charge in [-0.25, -0.2) is 0 Å². The van der Waals surface area contributed by atoms with E-state index in [1.807, 2.05) is 0 Å². The van der Waals surface area contributed by atoms with E-state index in [1.165, 1.54) is 6.07 Å². The molecule has 1 atom stereocenters. The third-order valence-corrected chi connectivity index (χ3v) is 3.22. The summed E-state index contributed by atoms with van der Waals surface area (Å²) in [5, 5.41) is 0. The molecule has 0 spiro atoms. The number of rotatable bonds is 1. The number of halogens is 2. The van der Waals surface area contributed by atoms with Crippen molar-refractivity contribution in [3.63, 3.8) is 0 Å². The van der Waals surface area contributed by atoms with Gasteiger partial charge in [0.25, 0.3) is 0 Å². The Balaban J connectivity index is 0.00000121. The minimum absolute atomic E-state index is 0. The second-order valence-corrected chi connectivity index (χ2v) is 4.49. The van der Waals surface area contributed by atoms with Crippen LogP contribution in [0, 0.1) is 0 Å². The van der Waals surface area contributed by atoms with Gasteiger partial charge in [0.1, 0.15) is 0 Å². The molecule has 1 rings (SSSR count). The molecule has 0 radical (unpaired) electrons. The summed E-state index contributed by atoms with van der Waals surface area (Å²) < 4.78 is 22.4. The monoisotopic (exact) mass is 320 g/mol. The van der Waals surface area contributed by atoms with Crippen molar-refractivity contribution >= 4 is 42.9 Å². The number of hydrogen-bond acceptors (Lipinski definition) is 2. The van der Waals surface area contributed by atoms with Crippen molar-refractivity contribution in [2.24, 2.45) is 0 Å². The van der Waals surface area contributed by atoms with Crippen LogP contribution in [0.2, 0.25) is 0 Å². The molecule has 2 nitrogen and oxygen atoms in total. The fourth-order valence-electron chi connectivity index (χ4n) is 0.605. The van der Waals surface area contributed by atoms with E-state index in [2.05, 4.69) is 31.9 Å². The van der Waals surface area contributed by atoms with E-state index in [9.17, 15) is 8.76 Å². The quantitative estimate of drug-likeness (QED) is 0.514. The zero-order valence-electron chi connectivity index (χ0n) is 6.21. The predicted octanol–water partition coefficient (Wildman–Crippen LogP) is -0.546. The molecule has 6 heteroatoms. The molecule has 0 aliphatic heterocycles. The molecule has 12 heavy (non-hydrogen) atoms. The molecule has 0 saturated heterocycles. The second kappa shape index (κ2) is 5.90. The molecule has 60 valence electrons. The summed E-state index contributed by atoms with van der Waals surface area (Å²) in [5.41, 5.74) is 0. The van der Waals surface area contributed by atoms with Crippen molar-refractivity contribution in [2.75, 3.05) is 0 Å². The zero-order valence-corrected chi connectivity index (χ0v) is 12.2. The van der Waals surface area contributed by atoms with Crippen molar-refractivity contribution < 1.29 is 38.3 Å². The number of benzene rings is 1. The topological polar surface area (TPSA) is 40.1 Å². The average Bonchev–Trinajstić information content (AvgIpc) is 1.94. The van der Waals surface area contributed by atoms with E-state index >= 15 is 0 Å². The van der Waals surface area contributed by atoms with Gasteiger partial charge in [-0.1, -0.05) is 15.9 Å². The van der Waals surface area contributed by atoms with Crippen LogP contribution in [0.4, 0.5) is 0 Å². The van der Waals surface area contributed by atoms with Gasteiger partial charge in [-0.15, -0.1) is 0 Å². The first kappa shape index (κ1) is 13.3. The third kappa shape index (κ3) is 3.57. The predicted molar refractivity (Wildman–Crippen MR) is 49.0 cm³/mol. The van der Waals surface area contributed by atoms with E-state index in [4.69, 9.17) is 0 Å². The summed E-state index contributed by atoms with van der Waals surface area (Å²) in [4.78, 5) is 0.263. The first-order chi connectivity index (χ1) is 5.11. The first-order valence-electron chi connectivity index (χ1n) is 2.65. The summed E-state index contributed by atoms with van der Waals surface area (Å²) in [6.07, 6.45) is 0. The molecule has 0 bridgehead atoms. The molecule has 0 aromatic heterocycles. The van der Waals surface area contributed by atoms with Crippen LogP contribution < -0.4 is 29.6 Å². The molecule has 1 aromatic carbocycles. The minimum atomic E-state index is -2.18. The van der Waals surface area contributed by atoms with E-state index in [-0.39, 0.29) is 34.5 Å². The van der Waals surface area contributed by atoms with Gasteiger partial charge >= 0.3 is 29.6 Å². The van der Waals surface area contributed by atoms with E-state index in [0.29, 0.717) is 4.47 Å². The summed E-state index contributed by atoms with van der Waals surface area (Å²) in [6.45, 7) is 0. The minimum Gasteiger partial charge on any atom is -0.768 e. The molecule has 0 aliphatic rings. The molecule has 0 saturated carbocycles. The van der Waals surface area contributed by atoms with Gasteiger partial charge < -0.3 is 4.55 Å². The Bertz CT molecular complexity index is 306. The molecule has 1 aromatic rings. The maximum absolute atomic E-state index is 10.5. The normalized spacial score (nSPS) is 11.9. The van der Waals surface area contributed by atoms with Crippen LogP contribution >= 0.6 is 31.9 Å². The molecular weight excluding hydrogens is 319 g/mol. The summed E-state index contributed by atoms with van der Waals surface area (Å²) in [6, 6.07) is 4.98. The molecule has 1 unspecified atom stereocenters. The Morgan fingerprint density at radius 1 is 1.33 bits per heavy atom. The largest absolute Gasteiger partial charge is 1.00 e. The van der Waals surface area contributed by atoms with Crippen LogP contribution in [0.3, 0.4) is 0 Å². The molecule has 0 heterocycles. The molecule has 0 amide bonds. The maximum Gasteiger partial charge on any atom is 1.00 e. The van der Waals surface area contributed by atoms with Crippen LogP contribution in [0.15, 0.2) is 32.0 Å². The van der Waals surface area contributed by atoms with Gasteiger partial charge in [0.15, 0.2) is 0 Å². The van der Waals surface area contributed by atoms with Gasteiger partial charge in [-0.3, -0.25) is 4.21 Å². The average molecular weight is 322 g/mol. The van der Waals surface area contributed by atoms with E-state index in [1.54, 1.807) is 12.1 Å². The van der Waals surface area contributed by atoms with Crippen molar-refractivity contribution in [3.05, 3.63) is 27.1 Å². The zero-order chi connectivity index (χ0) is 8.43. The van der Waals surface area contributed by atoms with E-state index < -0.39 is 11.1 Å². The van der Waals surface area contributed by atoms with Crippen LogP contribution in [-0.2, 0) is 11.1 Å². The standard InChI is InChI=1S/C6H4Br2O2S.Na/c7-4-1-2-5(8)6(3-4)11(9)10;/h1-3H,(H,9,10);/q;+1/p-1. The van der Waals surface area contributed by atoms with Gasteiger partial charge in [0.05, 0.1) is 0 Å². The van der Waals surface area contributed by atoms with Crippen molar-refractivity contribution in [1.29, 1.82) is 0 Å². The Morgan fingerprint density at radius 3 is 2.33 bits per heavy atom. The second-order valence-electron chi connectivity index (χ2n) is 1.81. The first-order valence-corrected chi connectivity index (χ1v) is 5.31. The fraction of sp³-hybridized carbons (Fsp3) is 0. The molecule has 0 aliphatic carbocycles. The van der Waals surface area contributed by atoms with Crippen LogP contribution in [0.1, 0.15) is 0 Å². The van der Waals surface area contributed by atoms with E-state index in [0.717, 1.165) is 4.47 Å². The Kier molecular flexibility index (Phi) is 6.54. The van der Waals surface area contributed by atoms with Gasteiger partial charge in [0.2, 0.25) is 0 Å².